The van der Waals surface area contributed by atoms with E-state index in [2.05, 4.69) is 82.3 Å². The summed E-state index contributed by atoms with van der Waals surface area (Å²) in [6.45, 7) is 11.1. The third kappa shape index (κ3) is 5.02. The first-order chi connectivity index (χ1) is 18.0. The average molecular weight is 508 g/mol. The van der Waals surface area contributed by atoms with Crippen molar-refractivity contribution in [1.82, 2.24) is 26.3 Å². The smallest absolute Gasteiger partial charge is 0.0973 e. The predicted molar refractivity (Wildman–Crippen MR) is 146 cm³/mol. The predicted octanol–water partition coefficient (Wildman–Crippen LogP) is 3.02. The van der Waals surface area contributed by atoms with Crippen LogP contribution in [0.25, 0.3) is 0 Å². The van der Waals surface area contributed by atoms with Crippen LogP contribution < -0.4 is 27.4 Å². The topological polar surface area (TPSA) is 110 Å². The van der Waals surface area contributed by atoms with Crippen molar-refractivity contribution in [3.63, 3.8) is 0 Å². The maximum Gasteiger partial charge on any atom is 0.0973 e. The van der Waals surface area contributed by atoms with Crippen LogP contribution in [0.2, 0.25) is 0 Å². The van der Waals surface area contributed by atoms with Gasteiger partial charge in [-0.3, -0.25) is 15.1 Å². The summed E-state index contributed by atoms with van der Waals surface area (Å²) in [4.78, 5) is 7.55. The fourth-order valence-electron chi connectivity index (χ4n) is 5.99. The van der Waals surface area contributed by atoms with Gasteiger partial charge in [0, 0.05) is 55.4 Å². The number of nitrogens with two attached hydrogens (primary N) is 1. The van der Waals surface area contributed by atoms with Crippen LogP contribution in [0.1, 0.15) is 44.4 Å². The number of likely N-dealkylation sites (tertiary alicyclic amines) is 1. The van der Waals surface area contributed by atoms with Gasteiger partial charge in [-0.25, -0.2) is 5.43 Å². The highest BCUT2D eigenvalue weighted by Gasteiger charge is 2.58. The molecule has 4 heterocycles. The molecule has 1 aromatic rings. The first-order valence-electron chi connectivity index (χ1n) is 13.5. The zero-order chi connectivity index (χ0) is 26.1. The van der Waals surface area contributed by atoms with Crippen molar-refractivity contribution >= 4 is 5.69 Å². The van der Waals surface area contributed by atoms with Crippen molar-refractivity contribution in [2.24, 2.45) is 17.6 Å². The molecule has 2 fully saturated rings. The van der Waals surface area contributed by atoms with Crippen LogP contribution in [-0.4, -0.2) is 52.9 Å². The maximum atomic E-state index is 8.76. The van der Waals surface area contributed by atoms with Crippen molar-refractivity contribution in [3.8, 4) is 0 Å². The van der Waals surface area contributed by atoms with Gasteiger partial charge in [0.15, 0.2) is 0 Å². The molecule has 1 saturated heterocycles. The van der Waals surface area contributed by atoms with E-state index in [-0.39, 0.29) is 24.2 Å². The second kappa shape index (κ2) is 10.9. The van der Waals surface area contributed by atoms with Gasteiger partial charge in [0.25, 0.3) is 0 Å². The quantitative estimate of drug-likeness (QED) is 0.310. The minimum Gasteiger partial charge on any atom is -0.380 e. The fourth-order valence-corrected chi connectivity index (χ4v) is 5.99. The number of allylic oxidation sites excluding steroid dienone is 2. The van der Waals surface area contributed by atoms with Crippen molar-refractivity contribution in [1.29, 1.82) is 0 Å². The lowest BCUT2D eigenvalue weighted by Crippen LogP contribution is -2.42. The molecule has 0 radical (unpaired) electrons. The largest absolute Gasteiger partial charge is 0.380 e. The third-order valence-electron chi connectivity index (χ3n) is 7.91. The number of aryl methyl sites for hydroxylation is 1. The van der Waals surface area contributed by atoms with Crippen LogP contribution in [0.5, 0.6) is 0 Å². The molecule has 37 heavy (non-hydrogen) atoms. The Hall–Kier alpha value is -2.82. The van der Waals surface area contributed by atoms with Crippen LogP contribution in [0.3, 0.4) is 0 Å². The number of nitrogens with zero attached hydrogens (tertiary/aromatic N) is 2. The highest BCUT2D eigenvalue weighted by Crippen LogP contribution is 2.48. The molecule has 1 aromatic carbocycles. The Morgan fingerprint density at radius 1 is 1.22 bits per heavy atom. The van der Waals surface area contributed by atoms with E-state index in [0.29, 0.717) is 11.8 Å². The molecule has 4 aliphatic heterocycles. The number of fused-ring (bicyclic) bond motifs is 2. The summed E-state index contributed by atoms with van der Waals surface area (Å²) in [6.07, 6.45) is 11.8. The van der Waals surface area contributed by atoms with E-state index in [1.165, 1.54) is 11.4 Å². The zero-order valence-electron chi connectivity index (χ0n) is 22.2. The molecule has 6 rings (SSSR count). The molecule has 0 spiro atoms. The Morgan fingerprint density at radius 3 is 2.70 bits per heavy atom. The van der Waals surface area contributed by atoms with Crippen LogP contribution in [0.4, 0.5) is 5.69 Å². The third-order valence-corrected chi connectivity index (χ3v) is 7.91. The molecule has 7 N–H and O–H groups in total. The SMILES string of the molecule is CC.Cc1cccc(C(N)C2=CC=CN3NC(C)C=C23)c1NC1CC=C(N2CC3C(C2)C3ONO)NC1. The van der Waals surface area contributed by atoms with Gasteiger partial charge in [-0.05, 0) is 55.2 Å². The van der Waals surface area contributed by atoms with Gasteiger partial charge < -0.3 is 21.3 Å². The van der Waals surface area contributed by atoms with E-state index in [9.17, 15) is 0 Å². The number of benzene rings is 1. The first kappa shape index (κ1) is 25.8. The van der Waals surface area contributed by atoms with Crippen LogP contribution in [0, 0.1) is 18.8 Å². The molecule has 200 valence electrons. The normalized spacial score (nSPS) is 30.2. The molecule has 5 atom stereocenters. The lowest BCUT2D eigenvalue weighted by Gasteiger charge is -2.33. The second-order valence-corrected chi connectivity index (χ2v) is 10.3. The Morgan fingerprint density at radius 2 is 2.00 bits per heavy atom. The number of anilines is 1. The highest BCUT2D eigenvalue weighted by atomic mass is 16.8. The van der Waals surface area contributed by atoms with Crippen molar-refractivity contribution < 1.29 is 10.0 Å². The Balaban J connectivity index is 0.00000137. The molecular weight excluding hydrogens is 466 g/mol. The standard InChI is InChI=1S/C26H35N7O2.C2H6/c1-15-5-3-6-19(24(27)18-7-4-10-33-22(18)11-16(2)30-33)25(15)29-17-8-9-23(28-12-17)32-13-20-21(14-32)26(20)35-31-34;1-2/h3-7,9-11,16-17,20-21,24,26,28-31,34H,8,12-14,27H2,1-2H3;1-2H3. The van der Waals surface area contributed by atoms with Crippen molar-refractivity contribution in [2.75, 3.05) is 25.0 Å². The lowest BCUT2D eigenvalue weighted by atomic mass is 9.92. The number of piperidine rings is 1. The van der Waals surface area contributed by atoms with E-state index in [4.69, 9.17) is 15.8 Å². The molecule has 1 saturated carbocycles. The molecule has 0 aromatic heterocycles. The Labute approximate surface area is 220 Å². The monoisotopic (exact) mass is 507 g/mol. The Kier molecular flexibility index (Phi) is 7.60. The van der Waals surface area contributed by atoms with E-state index >= 15 is 0 Å². The summed E-state index contributed by atoms with van der Waals surface area (Å²) in [6, 6.07) is 6.71. The van der Waals surface area contributed by atoms with Gasteiger partial charge in [-0.15, -0.1) is 0 Å². The number of para-hydroxylation sites is 1. The van der Waals surface area contributed by atoms with Gasteiger partial charge in [0.1, 0.15) is 0 Å². The minimum absolute atomic E-state index is 0.138. The minimum atomic E-state index is -0.231. The van der Waals surface area contributed by atoms with E-state index in [0.717, 1.165) is 48.6 Å². The molecule has 5 aliphatic rings. The zero-order valence-corrected chi connectivity index (χ0v) is 22.2. The number of rotatable bonds is 7. The molecule has 1 aliphatic carbocycles. The summed E-state index contributed by atoms with van der Waals surface area (Å²) in [5.74, 6) is 2.20. The second-order valence-electron chi connectivity index (χ2n) is 10.3. The van der Waals surface area contributed by atoms with Gasteiger partial charge in [-0.2, -0.15) is 0 Å². The highest BCUT2D eigenvalue weighted by molar-refractivity contribution is 5.62. The van der Waals surface area contributed by atoms with Crippen molar-refractivity contribution in [3.05, 3.63) is 76.9 Å². The van der Waals surface area contributed by atoms with Crippen molar-refractivity contribution in [2.45, 2.75) is 58.3 Å². The fraction of sp³-hybridized carbons (Fsp3) is 0.500. The summed E-state index contributed by atoms with van der Waals surface area (Å²) in [5.41, 5.74) is 17.9. The summed E-state index contributed by atoms with van der Waals surface area (Å²) < 4.78 is 0. The molecule has 9 nitrogen and oxygen atoms in total. The van der Waals surface area contributed by atoms with Crippen LogP contribution >= 0.6 is 0 Å². The molecule has 9 heteroatoms. The van der Waals surface area contributed by atoms with Crippen LogP contribution in [-0.2, 0) is 4.84 Å². The Bertz CT molecular complexity index is 1100. The molecule has 5 unspecified atom stereocenters. The van der Waals surface area contributed by atoms with E-state index in [1.54, 1.807) is 0 Å². The van der Waals surface area contributed by atoms with E-state index < -0.39 is 0 Å². The van der Waals surface area contributed by atoms with Gasteiger partial charge >= 0.3 is 0 Å². The summed E-state index contributed by atoms with van der Waals surface area (Å²) in [7, 11) is 0. The first-order valence-corrected chi connectivity index (χ1v) is 13.5. The van der Waals surface area contributed by atoms with E-state index in [1.807, 2.05) is 25.7 Å². The number of hydrogen-bond donors (Lipinski definition) is 6. The van der Waals surface area contributed by atoms with Gasteiger partial charge in [-0.1, -0.05) is 43.8 Å². The number of hydrazine groups is 1. The summed E-state index contributed by atoms with van der Waals surface area (Å²) >= 11 is 0. The molecular formula is C28H41N7O2. The summed E-state index contributed by atoms with van der Waals surface area (Å²) in [5, 5.41) is 18.3. The lowest BCUT2D eigenvalue weighted by molar-refractivity contribution is -0.145. The number of hydrogen-bond acceptors (Lipinski definition) is 9. The average Bonchev–Trinajstić information content (AvgIpc) is 3.23. The molecule has 0 bridgehead atoms. The molecule has 0 amide bonds. The number of nitrogens with one attached hydrogen (secondary N) is 4. The van der Waals surface area contributed by atoms with Gasteiger partial charge in [0.2, 0.25) is 0 Å². The maximum absolute atomic E-state index is 8.76. The van der Waals surface area contributed by atoms with Gasteiger partial charge in [0.05, 0.1) is 23.7 Å². The van der Waals surface area contributed by atoms with Crippen LogP contribution in [0.15, 0.2) is 65.8 Å².